The van der Waals surface area contributed by atoms with Crippen LogP contribution in [0.2, 0.25) is 0 Å². The van der Waals surface area contributed by atoms with Gasteiger partial charge in [0.1, 0.15) is 23.2 Å². The van der Waals surface area contributed by atoms with Gasteiger partial charge in [0.05, 0.1) is 6.54 Å². The van der Waals surface area contributed by atoms with Crippen molar-refractivity contribution < 1.29 is 18.3 Å². The van der Waals surface area contributed by atoms with Gasteiger partial charge in [-0.25, -0.2) is 8.78 Å². The Morgan fingerprint density at radius 3 is 1.97 bits per heavy atom. The molecule has 0 spiro atoms. The van der Waals surface area contributed by atoms with Gasteiger partial charge in [-0.3, -0.25) is 4.90 Å². The summed E-state index contributed by atoms with van der Waals surface area (Å²) in [5.74, 6) is 0.215. The molecule has 2 aromatic carbocycles. The molecule has 0 unspecified atom stereocenters. The lowest BCUT2D eigenvalue weighted by atomic mass is 9.84. The second kappa shape index (κ2) is 10.00. The van der Waals surface area contributed by atoms with E-state index in [0.717, 1.165) is 25.3 Å². The van der Waals surface area contributed by atoms with Crippen LogP contribution >= 0.6 is 11.3 Å². The minimum atomic E-state index is -1.68. The molecule has 0 aliphatic heterocycles. The molecule has 2 aromatic heterocycles. The Hall–Kier alpha value is -2.80. The molecule has 0 amide bonds. The number of furan rings is 1. The fraction of sp³-hybridized carbons (Fsp3) is 0.259. The van der Waals surface area contributed by atoms with Crippen molar-refractivity contribution in [3.63, 3.8) is 0 Å². The first kappa shape index (κ1) is 23.4. The molecule has 0 saturated heterocycles. The Balaban J connectivity index is 1.65. The Bertz CT molecular complexity index is 1140. The molecular weight excluding hydrogens is 440 g/mol. The minimum Gasteiger partial charge on any atom is -0.461 e. The number of thiophene rings is 1. The fourth-order valence-electron chi connectivity index (χ4n) is 4.03. The van der Waals surface area contributed by atoms with Crippen LogP contribution in [0.4, 0.5) is 8.78 Å². The highest BCUT2D eigenvalue weighted by Crippen LogP contribution is 2.38. The van der Waals surface area contributed by atoms with Crippen LogP contribution in [0, 0.1) is 18.6 Å². The van der Waals surface area contributed by atoms with Gasteiger partial charge in [-0.2, -0.15) is 0 Å². The van der Waals surface area contributed by atoms with Gasteiger partial charge in [-0.15, -0.1) is 11.3 Å². The standard InChI is InChI=1S/C27H27F2NO2S/c1-3-16-30(18-25-14-4-19(2)33-25)17-24-13-15-26(32-24)27(31,20-5-9-22(28)10-6-20)21-7-11-23(29)12-8-21/h4-15,31H,3,16-18H2,1-2H3. The quantitative estimate of drug-likeness (QED) is 0.300. The maximum atomic E-state index is 13.6. The van der Waals surface area contributed by atoms with Crippen LogP contribution in [-0.4, -0.2) is 16.6 Å². The normalized spacial score (nSPS) is 11.9. The molecule has 4 rings (SSSR count). The van der Waals surface area contributed by atoms with Crippen LogP contribution in [0.5, 0.6) is 0 Å². The third-order valence-corrected chi connectivity index (χ3v) is 6.62. The van der Waals surface area contributed by atoms with Crippen LogP contribution in [0.3, 0.4) is 0 Å². The zero-order chi connectivity index (χ0) is 23.4. The summed E-state index contributed by atoms with van der Waals surface area (Å²) >= 11 is 1.79. The van der Waals surface area contributed by atoms with Crippen molar-refractivity contribution in [3.05, 3.63) is 117 Å². The lowest BCUT2D eigenvalue weighted by Crippen LogP contribution is -2.28. The van der Waals surface area contributed by atoms with Crippen molar-refractivity contribution in [2.24, 2.45) is 0 Å². The molecule has 4 aromatic rings. The van der Waals surface area contributed by atoms with E-state index in [1.807, 2.05) is 6.07 Å². The average molecular weight is 468 g/mol. The van der Waals surface area contributed by atoms with Crippen molar-refractivity contribution >= 4 is 11.3 Å². The van der Waals surface area contributed by atoms with Gasteiger partial charge >= 0.3 is 0 Å². The molecule has 172 valence electrons. The highest BCUT2D eigenvalue weighted by Gasteiger charge is 2.37. The predicted octanol–water partition coefficient (Wildman–Crippen LogP) is 6.62. The number of hydrogen-bond acceptors (Lipinski definition) is 4. The zero-order valence-electron chi connectivity index (χ0n) is 18.7. The van der Waals surface area contributed by atoms with Crippen molar-refractivity contribution in [2.45, 2.75) is 39.0 Å². The van der Waals surface area contributed by atoms with Gasteiger partial charge < -0.3 is 9.52 Å². The van der Waals surface area contributed by atoms with Crippen LogP contribution in [0.25, 0.3) is 0 Å². The average Bonchev–Trinajstić information content (AvgIpc) is 3.43. The third-order valence-electron chi connectivity index (χ3n) is 5.64. The largest absolute Gasteiger partial charge is 0.461 e. The van der Waals surface area contributed by atoms with Gasteiger partial charge in [0.25, 0.3) is 0 Å². The van der Waals surface area contributed by atoms with E-state index >= 15 is 0 Å². The first-order chi connectivity index (χ1) is 15.9. The zero-order valence-corrected chi connectivity index (χ0v) is 19.5. The van der Waals surface area contributed by atoms with Gasteiger partial charge in [-0.1, -0.05) is 31.2 Å². The Kier molecular flexibility index (Phi) is 7.08. The Morgan fingerprint density at radius 1 is 0.848 bits per heavy atom. The van der Waals surface area contributed by atoms with Gasteiger partial charge in [-0.05, 0) is 79.5 Å². The number of rotatable bonds is 9. The van der Waals surface area contributed by atoms with Crippen LogP contribution in [0.15, 0.2) is 77.2 Å². The number of nitrogens with zero attached hydrogens (tertiary/aromatic N) is 1. The summed E-state index contributed by atoms with van der Waals surface area (Å²) in [6.07, 6.45) is 1.01. The van der Waals surface area contributed by atoms with E-state index in [4.69, 9.17) is 4.42 Å². The van der Waals surface area contributed by atoms with Crippen molar-refractivity contribution in [2.75, 3.05) is 6.54 Å². The number of aryl methyl sites for hydroxylation is 1. The molecule has 0 radical (unpaired) electrons. The van der Waals surface area contributed by atoms with Crippen LogP contribution in [-0.2, 0) is 18.7 Å². The molecule has 0 fully saturated rings. The smallest absolute Gasteiger partial charge is 0.173 e. The summed E-state index contributed by atoms with van der Waals surface area (Å²) in [6, 6.07) is 19.1. The van der Waals surface area contributed by atoms with E-state index in [-0.39, 0.29) is 0 Å². The first-order valence-electron chi connectivity index (χ1n) is 11.0. The summed E-state index contributed by atoms with van der Waals surface area (Å²) in [5, 5.41) is 11.8. The molecule has 0 bridgehead atoms. The Morgan fingerprint density at radius 2 is 1.45 bits per heavy atom. The highest BCUT2D eigenvalue weighted by molar-refractivity contribution is 7.11. The van der Waals surface area contributed by atoms with Gasteiger partial charge in [0.2, 0.25) is 0 Å². The molecular formula is C27H27F2NO2S. The Labute approximate surface area is 196 Å². The summed E-state index contributed by atoms with van der Waals surface area (Å²) in [7, 11) is 0. The summed E-state index contributed by atoms with van der Waals surface area (Å²) in [5.41, 5.74) is -0.799. The van der Waals surface area contributed by atoms with Gasteiger partial charge in [0.15, 0.2) is 5.60 Å². The van der Waals surface area contributed by atoms with Crippen LogP contribution in [0.1, 0.15) is 45.7 Å². The second-order valence-corrected chi connectivity index (χ2v) is 9.59. The molecule has 3 nitrogen and oxygen atoms in total. The van der Waals surface area contributed by atoms with E-state index < -0.39 is 17.2 Å². The first-order valence-corrected chi connectivity index (χ1v) is 11.8. The highest BCUT2D eigenvalue weighted by atomic mass is 32.1. The lowest BCUT2D eigenvalue weighted by Gasteiger charge is -2.27. The van der Waals surface area contributed by atoms with Crippen molar-refractivity contribution in [3.8, 4) is 0 Å². The fourth-order valence-corrected chi connectivity index (χ4v) is 4.96. The van der Waals surface area contributed by atoms with E-state index in [1.165, 1.54) is 58.3 Å². The maximum Gasteiger partial charge on any atom is 0.173 e. The lowest BCUT2D eigenvalue weighted by molar-refractivity contribution is 0.0951. The van der Waals surface area contributed by atoms with Gasteiger partial charge in [0, 0.05) is 16.3 Å². The number of aliphatic hydroxyl groups is 1. The molecule has 0 saturated carbocycles. The summed E-state index contributed by atoms with van der Waals surface area (Å²) < 4.78 is 33.3. The van der Waals surface area contributed by atoms with Crippen molar-refractivity contribution in [1.29, 1.82) is 0 Å². The number of hydrogen-bond donors (Lipinski definition) is 1. The van der Waals surface area contributed by atoms with E-state index in [2.05, 4.69) is 30.9 Å². The molecule has 0 aliphatic rings. The third kappa shape index (κ3) is 5.24. The molecule has 2 heterocycles. The number of benzene rings is 2. The topological polar surface area (TPSA) is 36.6 Å². The number of halogens is 2. The molecule has 6 heteroatoms. The summed E-state index contributed by atoms with van der Waals surface area (Å²) in [4.78, 5) is 4.88. The monoisotopic (exact) mass is 467 g/mol. The molecule has 33 heavy (non-hydrogen) atoms. The molecule has 1 N–H and O–H groups in total. The van der Waals surface area contributed by atoms with E-state index in [9.17, 15) is 13.9 Å². The van der Waals surface area contributed by atoms with Crippen molar-refractivity contribution in [1.82, 2.24) is 4.90 Å². The van der Waals surface area contributed by atoms with E-state index in [1.54, 1.807) is 17.4 Å². The minimum absolute atomic E-state index is 0.305. The summed E-state index contributed by atoms with van der Waals surface area (Å²) in [6.45, 7) is 6.56. The SMILES string of the molecule is CCCN(Cc1ccc(C(O)(c2ccc(F)cc2)c2ccc(F)cc2)o1)Cc1ccc(C)s1. The maximum absolute atomic E-state index is 13.6. The molecule has 0 atom stereocenters. The predicted molar refractivity (Wildman–Crippen MR) is 127 cm³/mol. The van der Waals surface area contributed by atoms with E-state index in [0.29, 0.717) is 23.4 Å². The molecule has 0 aliphatic carbocycles. The second-order valence-electron chi connectivity index (χ2n) is 8.21. The van der Waals surface area contributed by atoms with Crippen LogP contribution < -0.4 is 0 Å².